The Balaban J connectivity index is 1.67. The summed E-state index contributed by atoms with van der Waals surface area (Å²) in [5.41, 5.74) is 2.26. The van der Waals surface area contributed by atoms with Crippen LogP contribution in [0.2, 0.25) is 0 Å². The molecule has 0 unspecified atom stereocenters. The minimum absolute atomic E-state index is 0.226. The van der Waals surface area contributed by atoms with Crippen LogP contribution in [-0.2, 0) is 53.1 Å². The number of hydrogen-bond acceptors (Lipinski definition) is 7. The SMILES string of the molecule is C[C@H](CC=O)[C@@H]1O[C@H](COCc2ccccc2)[C@@H](OCc2ccccc2)[C@H](OCc2ccccc2)[C@H]1OC(=O)C(C)(C)C. The van der Waals surface area contributed by atoms with Crippen LogP contribution in [0.5, 0.6) is 0 Å². The fourth-order valence-electron chi connectivity index (χ4n) is 5.05. The van der Waals surface area contributed by atoms with Gasteiger partial charge in [0, 0.05) is 6.42 Å². The van der Waals surface area contributed by atoms with E-state index in [4.69, 9.17) is 23.7 Å². The molecule has 0 saturated carbocycles. The van der Waals surface area contributed by atoms with E-state index in [1.54, 1.807) is 0 Å². The molecule has 0 aliphatic carbocycles. The van der Waals surface area contributed by atoms with Crippen LogP contribution < -0.4 is 0 Å². The van der Waals surface area contributed by atoms with Crippen molar-refractivity contribution >= 4 is 12.3 Å². The first-order valence-electron chi connectivity index (χ1n) is 15.0. The molecule has 0 bridgehead atoms. The predicted molar refractivity (Wildman–Crippen MR) is 164 cm³/mol. The molecular weight excluding hydrogens is 544 g/mol. The molecule has 0 aromatic heterocycles. The Morgan fingerprint density at radius 1 is 0.767 bits per heavy atom. The van der Waals surface area contributed by atoms with Crippen LogP contribution in [0, 0.1) is 11.3 Å². The molecule has 230 valence electrons. The second kappa shape index (κ2) is 15.9. The maximum Gasteiger partial charge on any atom is 0.311 e. The summed E-state index contributed by atoms with van der Waals surface area (Å²) in [5.74, 6) is -0.622. The molecule has 0 N–H and O–H groups in total. The Morgan fingerprint density at radius 2 is 1.26 bits per heavy atom. The molecule has 3 aromatic rings. The van der Waals surface area contributed by atoms with E-state index in [1.807, 2.05) is 119 Å². The first-order chi connectivity index (χ1) is 20.8. The van der Waals surface area contributed by atoms with Gasteiger partial charge >= 0.3 is 5.97 Å². The van der Waals surface area contributed by atoms with Gasteiger partial charge in [0.05, 0.1) is 31.8 Å². The molecule has 1 fully saturated rings. The highest BCUT2D eigenvalue weighted by molar-refractivity contribution is 5.75. The zero-order chi connectivity index (χ0) is 30.7. The lowest BCUT2D eigenvalue weighted by Gasteiger charge is -2.47. The summed E-state index contributed by atoms with van der Waals surface area (Å²) >= 11 is 0. The Labute approximate surface area is 255 Å². The molecule has 0 radical (unpaired) electrons. The highest BCUT2D eigenvalue weighted by atomic mass is 16.6. The molecule has 1 heterocycles. The van der Waals surface area contributed by atoms with Gasteiger partial charge in [-0.3, -0.25) is 4.79 Å². The molecule has 1 aliphatic rings. The minimum atomic E-state index is -0.809. The van der Waals surface area contributed by atoms with Crippen LogP contribution in [0.25, 0.3) is 0 Å². The fourth-order valence-corrected chi connectivity index (χ4v) is 5.05. The number of carbonyl (C=O) groups is 2. The summed E-state index contributed by atoms with van der Waals surface area (Å²) < 4.78 is 32.3. The fraction of sp³-hybridized carbons (Fsp3) is 0.444. The van der Waals surface area contributed by atoms with Gasteiger partial charge in [0.25, 0.3) is 0 Å². The van der Waals surface area contributed by atoms with E-state index in [1.165, 1.54) is 0 Å². The van der Waals surface area contributed by atoms with Crippen molar-refractivity contribution in [2.45, 2.75) is 84.5 Å². The predicted octanol–water partition coefficient (Wildman–Crippen LogP) is 6.32. The van der Waals surface area contributed by atoms with Gasteiger partial charge in [0.1, 0.15) is 30.7 Å². The molecule has 0 amide bonds. The van der Waals surface area contributed by atoms with E-state index in [9.17, 15) is 9.59 Å². The van der Waals surface area contributed by atoms with E-state index in [2.05, 4.69) is 0 Å². The quantitative estimate of drug-likeness (QED) is 0.161. The van der Waals surface area contributed by atoms with E-state index in [0.29, 0.717) is 13.2 Å². The molecule has 6 atom stereocenters. The highest BCUT2D eigenvalue weighted by Gasteiger charge is 2.51. The van der Waals surface area contributed by atoms with Crippen molar-refractivity contribution < 1.29 is 33.3 Å². The van der Waals surface area contributed by atoms with Crippen LogP contribution in [0.1, 0.15) is 50.8 Å². The van der Waals surface area contributed by atoms with Crippen molar-refractivity contribution in [2.75, 3.05) is 6.61 Å². The van der Waals surface area contributed by atoms with E-state index < -0.39 is 35.9 Å². The van der Waals surface area contributed by atoms with E-state index >= 15 is 0 Å². The molecule has 7 nitrogen and oxygen atoms in total. The van der Waals surface area contributed by atoms with Gasteiger partial charge in [0.15, 0.2) is 6.10 Å². The van der Waals surface area contributed by atoms with Crippen molar-refractivity contribution in [3.63, 3.8) is 0 Å². The van der Waals surface area contributed by atoms with Crippen molar-refractivity contribution in [1.82, 2.24) is 0 Å². The number of ether oxygens (including phenoxy) is 5. The van der Waals surface area contributed by atoms with Crippen molar-refractivity contribution in [3.8, 4) is 0 Å². The van der Waals surface area contributed by atoms with Gasteiger partial charge in [-0.2, -0.15) is 0 Å². The van der Waals surface area contributed by atoms with Crippen LogP contribution in [0.3, 0.4) is 0 Å². The largest absolute Gasteiger partial charge is 0.456 e. The number of hydrogen-bond donors (Lipinski definition) is 0. The van der Waals surface area contributed by atoms with E-state index in [-0.39, 0.29) is 31.5 Å². The summed E-state index contributed by atoms with van der Waals surface area (Å²) in [6.45, 7) is 8.59. The molecule has 4 rings (SSSR count). The second-order valence-corrected chi connectivity index (χ2v) is 12.2. The molecular formula is C36H44O7. The lowest BCUT2D eigenvalue weighted by molar-refractivity contribution is -0.275. The zero-order valence-electron chi connectivity index (χ0n) is 25.6. The third kappa shape index (κ3) is 9.57. The Bertz CT molecular complexity index is 1240. The molecule has 7 heteroatoms. The average molecular weight is 589 g/mol. The van der Waals surface area contributed by atoms with Crippen LogP contribution in [-0.4, -0.2) is 49.4 Å². The molecule has 1 saturated heterocycles. The van der Waals surface area contributed by atoms with Crippen LogP contribution >= 0.6 is 0 Å². The number of esters is 1. The van der Waals surface area contributed by atoms with Crippen molar-refractivity contribution in [3.05, 3.63) is 108 Å². The minimum Gasteiger partial charge on any atom is -0.456 e. The van der Waals surface area contributed by atoms with Crippen LogP contribution in [0.15, 0.2) is 91.0 Å². The third-order valence-corrected chi connectivity index (χ3v) is 7.52. The Hall–Kier alpha value is -3.36. The first-order valence-corrected chi connectivity index (χ1v) is 15.0. The van der Waals surface area contributed by atoms with Gasteiger partial charge in [-0.25, -0.2) is 0 Å². The lowest BCUT2D eigenvalue weighted by atomic mass is 9.86. The number of aldehydes is 1. The average Bonchev–Trinajstić information content (AvgIpc) is 3.01. The number of carbonyl (C=O) groups excluding carboxylic acids is 2. The van der Waals surface area contributed by atoms with Gasteiger partial charge in [-0.1, -0.05) is 97.9 Å². The Morgan fingerprint density at radius 3 is 1.74 bits per heavy atom. The van der Waals surface area contributed by atoms with Crippen molar-refractivity contribution in [2.24, 2.45) is 11.3 Å². The van der Waals surface area contributed by atoms with Crippen LogP contribution in [0.4, 0.5) is 0 Å². The van der Waals surface area contributed by atoms with Crippen molar-refractivity contribution in [1.29, 1.82) is 0 Å². The van der Waals surface area contributed by atoms with Gasteiger partial charge in [-0.05, 0) is 43.4 Å². The summed E-state index contributed by atoms with van der Waals surface area (Å²) in [6, 6.07) is 29.6. The smallest absolute Gasteiger partial charge is 0.311 e. The summed E-state index contributed by atoms with van der Waals surface area (Å²) in [4.78, 5) is 24.9. The molecule has 0 spiro atoms. The Kier molecular flexibility index (Phi) is 12.1. The topological polar surface area (TPSA) is 80.3 Å². The summed E-state index contributed by atoms with van der Waals surface area (Å²) in [6.07, 6.45) is -2.17. The maximum atomic E-state index is 13.3. The highest BCUT2D eigenvalue weighted by Crippen LogP contribution is 2.35. The summed E-state index contributed by atoms with van der Waals surface area (Å²) in [7, 11) is 0. The van der Waals surface area contributed by atoms with Gasteiger partial charge < -0.3 is 28.5 Å². The third-order valence-electron chi connectivity index (χ3n) is 7.52. The normalized spacial score (nSPS) is 22.9. The molecule has 3 aromatic carbocycles. The lowest BCUT2D eigenvalue weighted by Crippen LogP contribution is -2.63. The van der Waals surface area contributed by atoms with Gasteiger partial charge in [0.2, 0.25) is 0 Å². The number of benzene rings is 3. The first kappa shape index (κ1) is 32.6. The summed E-state index contributed by atoms with van der Waals surface area (Å²) in [5, 5.41) is 0. The molecule has 43 heavy (non-hydrogen) atoms. The zero-order valence-corrected chi connectivity index (χ0v) is 25.6. The monoisotopic (exact) mass is 588 g/mol. The standard InChI is InChI=1S/C36H44O7/c1-26(20-21-37)31-34(43-35(38)36(2,3)4)33(41-24-29-18-12-7-13-19-29)32(40-23-28-16-10-6-11-17-28)30(42-31)25-39-22-27-14-8-5-9-15-27/h5-19,21,26,30-34H,20,22-25H2,1-4H3/t26-,30-,31+,32-,33+,34+/m1/s1. The maximum absolute atomic E-state index is 13.3. The molecule has 1 aliphatic heterocycles. The number of rotatable bonds is 14. The second-order valence-electron chi connectivity index (χ2n) is 12.2. The van der Waals surface area contributed by atoms with Gasteiger partial charge in [-0.15, -0.1) is 0 Å². The van der Waals surface area contributed by atoms with E-state index in [0.717, 1.165) is 23.0 Å².